The number of benzene rings is 2. The molecule has 0 spiro atoms. The van der Waals surface area contributed by atoms with E-state index in [1.54, 1.807) is 0 Å². The number of nitrogen functional groups attached to an aromatic ring is 1. The number of nitrogens with one attached hydrogen (secondary N) is 1. The van der Waals surface area contributed by atoms with Gasteiger partial charge in [0.15, 0.2) is 0 Å². The maximum Gasteiger partial charge on any atom is 0.127 e. The molecule has 0 heterocycles. The van der Waals surface area contributed by atoms with Crippen molar-refractivity contribution in [2.75, 3.05) is 17.7 Å². The molecule has 0 bridgehead atoms. The van der Waals surface area contributed by atoms with Crippen molar-refractivity contribution in [3.05, 3.63) is 53.1 Å². The van der Waals surface area contributed by atoms with E-state index in [4.69, 9.17) is 10.5 Å². The first-order valence-corrected chi connectivity index (χ1v) is 7.95. The van der Waals surface area contributed by atoms with Crippen LogP contribution in [0.2, 0.25) is 0 Å². The highest BCUT2D eigenvalue weighted by molar-refractivity contribution is 5.60. The van der Waals surface area contributed by atoms with Crippen molar-refractivity contribution < 1.29 is 4.74 Å². The average Bonchev–Trinajstić information content (AvgIpc) is 3.32. The van der Waals surface area contributed by atoms with Gasteiger partial charge in [0.05, 0.1) is 6.61 Å². The fourth-order valence-electron chi connectivity index (χ4n) is 2.56. The summed E-state index contributed by atoms with van der Waals surface area (Å²) in [7, 11) is 0. The van der Waals surface area contributed by atoms with Crippen LogP contribution in [0.5, 0.6) is 5.75 Å². The Hall–Kier alpha value is -2.16. The molecule has 0 atom stereocenters. The second-order valence-electron chi connectivity index (χ2n) is 6.23. The van der Waals surface area contributed by atoms with E-state index in [-0.39, 0.29) is 0 Å². The molecule has 2 aromatic carbocycles. The second kappa shape index (κ2) is 6.30. The molecule has 0 unspecified atom stereocenters. The minimum absolute atomic E-state index is 0.769. The van der Waals surface area contributed by atoms with Crippen molar-refractivity contribution in [1.82, 2.24) is 0 Å². The smallest absolute Gasteiger partial charge is 0.127 e. The van der Waals surface area contributed by atoms with Crippen molar-refractivity contribution in [3.8, 4) is 5.75 Å². The molecule has 0 aliphatic heterocycles. The van der Waals surface area contributed by atoms with Crippen LogP contribution < -0.4 is 15.8 Å². The maximum absolute atomic E-state index is 6.04. The van der Waals surface area contributed by atoms with E-state index in [1.807, 2.05) is 12.1 Å². The summed E-state index contributed by atoms with van der Waals surface area (Å²) >= 11 is 0. The average molecular weight is 296 g/mol. The van der Waals surface area contributed by atoms with Crippen LogP contribution in [-0.4, -0.2) is 6.61 Å². The Balaban J connectivity index is 1.69. The quantitative estimate of drug-likeness (QED) is 0.782. The molecule has 3 rings (SSSR count). The summed E-state index contributed by atoms with van der Waals surface area (Å²) in [6.07, 6.45) is 2.63. The molecule has 1 aliphatic rings. The molecule has 0 aromatic heterocycles. The largest absolute Gasteiger partial charge is 0.493 e. The van der Waals surface area contributed by atoms with Gasteiger partial charge in [-0.1, -0.05) is 18.2 Å². The number of nitrogens with two attached hydrogens (primary N) is 1. The second-order valence-corrected chi connectivity index (χ2v) is 6.23. The zero-order chi connectivity index (χ0) is 15.5. The third kappa shape index (κ3) is 3.53. The molecule has 1 fully saturated rings. The normalized spacial score (nSPS) is 13.9. The molecule has 22 heavy (non-hydrogen) atoms. The van der Waals surface area contributed by atoms with Crippen molar-refractivity contribution in [2.45, 2.75) is 33.2 Å². The maximum atomic E-state index is 6.04. The van der Waals surface area contributed by atoms with Crippen LogP contribution >= 0.6 is 0 Å². The molecule has 3 nitrogen and oxygen atoms in total. The van der Waals surface area contributed by atoms with Crippen LogP contribution in [0.4, 0.5) is 11.4 Å². The van der Waals surface area contributed by atoms with Gasteiger partial charge < -0.3 is 15.8 Å². The summed E-state index contributed by atoms with van der Waals surface area (Å²) in [4.78, 5) is 0. The number of aryl methyl sites for hydroxylation is 1. The van der Waals surface area contributed by atoms with Crippen LogP contribution in [0, 0.1) is 19.8 Å². The molecule has 0 amide bonds. The predicted molar refractivity (Wildman–Crippen MR) is 92.3 cm³/mol. The van der Waals surface area contributed by atoms with Crippen LogP contribution in [-0.2, 0) is 6.54 Å². The molecule has 3 N–H and O–H groups in total. The third-order valence-corrected chi connectivity index (χ3v) is 4.23. The SMILES string of the molecule is Cc1ccc(NCc2ccc(N)cc2)c(C)c1OCC1CC1. The van der Waals surface area contributed by atoms with Crippen molar-refractivity contribution >= 4 is 11.4 Å². The molecule has 116 valence electrons. The molecule has 2 aromatic rings. The number of hydrogen-bond donors (Lipinski definition) is 2. The van der Waals surface area contributed by atoms with Crippen LogP contribution in [0.25, 0.3) is 0 Å². The van der Waals surface area contributed by atoms with E-state index in [0.29, 0.717) is 0 Å². The predicted octanol–water partition coefficient (Wildman–Crippen LogP) is 4.29. The topological polar surface area (TPSA) is 47.3 Å². The van der Waals surface area contributed by atoms with Gasteiger partial charge in [-0.05, 0) is 61.9 Å². The lowest BCUT2D eigenvalue weighted by atomic mass is 10.1. The fourth-order valence-corrected chi connectivity index (χ4v) is 2.56. The Morgan fingerprint density at radius 2 is 1.82 bits per heavy atom. The first-order chi connectivity index (χ1) is 10.6. The lowest BCUT2D eigenvalue weighted by molar-refractivity contribution is 0.296. The van der Waals surface area contributed by atoms with Gasteiger partial charge in [-0.15, -0.1) is 0 Å². The Morgan fingerprint density at radius 3 is 2.50 bits per heavy atom. The molecule has 0 radical (unpaired) electrons. The molecule has 0 saturated heterocycles. The van der Waals surface area contributed by atoms with E-state index in [9.17, 15) is 0 Å². The van der Waals surface area contributed by atoms with Gasteiger partial charge in [0, 0.05) is 23.5 Å². The van der Waals surface area contributed by atoms with Gasteiger partial charge in [-0.25, -0.2) is 0 Å². The summed E-state index contributed by atoms with van der Waals surface area (Å²) < 4.78 is 6.04. The molecule has 1 saturated carbocycles. The van der Waals surface area contributed by atoms with Gasteiger partial charge in [-0.3, -0.25) is 0 Å². The summed E-state index contributed by atoms with van der Waals surface area (Å²) in [5.41, 5.74) is 11.3. The van der Waals surface area contributed by atoms with Crippen molar-refractivity contribution in [1.29, 1.82) is 0 Å². The highest BCUT2D eigenvalue weighted by Crippen LogP contribution is 2.34. The van der Waals surface area contributed by atoms with Gasteiger partial charge in [0.1, 0.15) is 5.75 Å². The highest BCUT2D eigenvalue weighted by atomic mass is 16.5. The van der Waals surface area contributed by atoms with Gasteiger partial charge in [0.2, 0.25) is 0 Å². The number of hydrogen-bond acceptors (Lipinski definition) is 3. The Kier molecular flexibility index (Phi) is 4.23. The number of ether oxygens (including phenoxy) is 1. The van der Waals surface area contributed by atoms with E-state index < -0.39 is 0 Å². The first kappa shape index (κ1) is 14.8. The lowest BCUT2D eigenvalue weighted by Crippen LogP contribution is -2.06. The molecule has 1 aliphatic carbocycles. The van der Waals surface area contributed by atoms with Crippen LogP contribution in [0.3, 0.4) is 0 Å². The van der Waals surface area contributed by atoms with E-state index in [2.05, 4.69) is 43.4 Å². The Labute approximate surface area is 132 Å². The standard InChI is InChI=1S/C19H24N2O/c1-13-3-10-18(14(2)19(13)22-12-16-4-5-16)21-11-15-6-8-17(20)9-7-15/h3,6-10,16,21H,4-5,11-12,20H2,1-2H3. The van der Waals surface area contributed by atoms with Crippen molar-refractivity contribution in [3.63, 3.8) is 0 Å². The molecular weight excluding hydrogens is 272 g/mol. The van der Waals surface area contributed by atoms with E-state index in [1.165, 1.54) is 29.5 Å². The summed E-state index contributed by atoms with van der Waals surface area (Å²) in [6, 6.07) is 12.2. The van der Waals surface area contributed by atoms with Gasteiger partial charge >= 0.3 is 0 Å². The fraction of sp³-hybridized carbons (Fsp3) is 0.368. The Morgan fingerprint density at radius 1 is 1.09 bits per heavy atom. The zero-order valence-corrected chi connectivity index (χ0v) is 13.4. The molecular formula is C19H24N2O. The molecule has 3 heteroatoms. The zero-order valence-electron chi connectivity index (χ0n) is 13.4. The summed E-state index contributed by atoms with van der Waals surface area (Å²) in [5, 5.41) is 3.50. The van der Waals surface area contributed by atoms with E-state index in [0.717, 1.165) is 36.2 Å². The third-order valence-electron chi connectivity index (χ3n) is 4.23. The number of rotatable bonds is 6. The highest BCUT2D eigenvalue weighted by Gasteiger charge is 2.22. The van der Waals surface area contributed by atoms with Crippen LogP contribution in [0.15, 0.2) is 36.4 Å². The summed E-state index contributed by atoms with van der Waals surface area (Å²) in [6.45, 7) is 5.87. The first-order valence-electron chi connectivity index (χ1n) is 7.95. The van der Waals surface area contributed by atoms with Gasteiger partial charge in [0.25, 0.3) is 0 Å². The lowest BCUT2D eigenvalue weighted by Gasteiger charge is -2.16. The van der Waals surface area contributed by atoms with E-state index >= 15 is 0 Å². The summed E-state index contributed by atoms with van der Waals surface area (Å²) in [5.74, 6) is 1.80. The Bertz CT molecular complexity index is 645. The van der Waals surface area contributed by atoms with Crippen molar-refractivity contribution in [2.24, 2.45) is 5.92 Å². The minimum Gasteiger partial charge on any atom is -0.493 e. The van der Waals surface area contributed by atoms with Crippen LogP contribution in [0.1, 0.15) is 29.5 Å². The monoisotopic (exact) mass is 296 g/mol. The van der Waals surface area contributed by atoms with Gasteiger partial charge in [-0.2, -0.15) is 0 Å². The minimum atomic E-state index is 0.769. The number of anilines is 2.